The number of aliphatic carboxylic acids is 1. The molecule has 2 heterocycles. The Kier molecular flexibility index (Phi) is 8.99. The lowest BCUT2D eigenvalue weighted by atomic mass is 9.97. The number of fused-ring (bicyclic) bond motifs is 1. The molecular formula is C32H32N4O7. The number of alkyl carbamates (subject to hydrolysis) is 1. The van der Waals surface area contributed by atoms with E-state index in [2.05, 4.69) is 15.6 Å². The van der Waals surface area contributed by atoms with Gasteiger partial charge in [-0.25, -0.2) is 9.59 Å². The number of hydrogen-bond acceptors (Lipinski definition) is 8. The van der Waals surface area contributed by atoms with E-state index >= 15 is 0 Å². The van der Waals surface area contributed by atoms with Crippen molar-refractivity contribution < 1.29 is 28.6 Å². The molecule has 0 spiro atoms. The van der Waals surface area contributed by atoms with Crippen LogP contribution in [0.1, 0.15) is 29.5 Å². The lowest BCUT2D eigenvalue weighted by Crippen LogP contribution is -2.45. The Bertz CT molecular complexity index is 1670. The zero-order chi connectivity index (χ0) is 30.3. The molecule has 11 heteroatoms. The van der Waals surface area contributed by atoms with Gasteiger partial charge in [0.1, 0.15) is 12.6 Å². The van der Waals surface area contributed by atoms with Gasteiger partial charge in [0, 0.05) is 25.2 Å². The highest BCUT2D eigenvalue weighted by Gasteiger charge is 2.27. The average molecular weight is 585 g/mol. The molecule has 1 saturated heterocycles. The smallest absolute Gasteiger partial charge is 0.408 e. The number of carbonyl (C=O) groups excluding carboxylic acids is 2. The number of hydrogen-bond donors (Lipinski definition) is 3. The van der Waals surface area contributed by atoms with Crippen molar-refractivity contribution in [3.05, 3.63) is 99.9 Å². The molecule has 43 heavy (non-hydrogen) atoms. The molecule has 0 unspecified atom stereocenters. The first-order valence-electron chi connectivity index (χ1n) is 14.0. The van der Waals surface area contributed by atoms with Crippen molar-refractivity contribution in [2.45, 2.75) is 38.8 Å². The fourth-order valence-corrected chi connectivity index (χ4v) is 5.10. The third-order valence-electron chi connectivity index (χ3n) is 7.41. The number of nitrogens with one attached hydrogen (secondary N) is 2. The number of carboxylic acid groups (broad SMARTS) is 1. The summed E-state index contributed by atoms with van der Waals surface area (Å²) in [4.78, 5) is 56.7. The second-order valence-electron chi connectivity index (χ2n) is 10.5. The highest BCUT2D eigenvalue weighted by molar-refractivity contribution is 5.98. The Morgan fingerprint density at radius 3 is 2.33 bits per heavy atom. The van der Waals surface area contributed by atoms with Crippen LogP contribution in [0.5, 0.6) is 0 Å². The predicted molar refractivity (Wildman–Crippen MR) is 160 cm³/mol. The number of piperidine rings is 1. The highest BCUT2D eigenvalue weighted by atomic mass is 16.5. The molecule has 4 aromatic rings. The summed E-state index contributed by atoms with van der Waals surface area (Å²) in [5.74, 6) is -1.76. The molecule has 1 atom stereocenters. The SMILES string of the molecule is Cc1cc(NC(=O)[C@H](Cc2ccccc2)NC(=O)OCc2ccccc2)cc2nc(N3CCC(C(=O)O)CC3)oc(=O)c12. The fourth-order valence-electron chi connectivity index (χ4n) is 5.10. The lowest BCUT2D eigenvalue weighted by Gasteiger charge is -2.29. The van der Waals surface area contributed by atoms with Gasteiger partial charge in [-0.2, -0.15) is 4.98 Å². The molecule has 222 valence electrons. The summed E-state index contributed by atoms with van der Waals surface area (Å²) in [5.41, 5.74) is 2.37. The van der Waals surface area contributed by atoms with Gasteiger partial charge in [-0.3, -0.25) is 9.59 Å². The third-order valence-corrected chi connectivity index (χ3v) is 7.41. The van der Waals surface area contributed by atoms with E-state index in [0.29, 0.717) is 42.7 Å². The van der Waals surface area contributed by atoms with Gasteiger partial charge in [-0.15, -0.1) is 0 Å². The van der Waals surface area contributed by atoms with E-state index < -0.39 is 35.6 Å². The largest absolute Gasteiger partial charge is 0.481 e. The standard InChI is InChI=1S/C32H32N4O7/c1-20-16-24(18-25-27(20)30(40)43-31(34-25)36-14-12-23(13-15-36)29(38)39)33-28(37)26(17-21-8-4-2-5-9-21)35-32(41)42-19-22-10-6-3-7-11-22/h2-11,16,18,23,26H,12-15,17,19H2,1H3,(H,33,37)(H,35,41)(H,38,39)/t26-/m0/s1. The van der Waals surface area contributed by atoms with E-state index in [1.807, 2.05) is 60.7 Å². The Morgan fingerprint density at radius 1 is 1.02 bits per heavy atom. The molecule has 1 aliphatic rings. The van der Waals surface area contributed by atoms with E-state index in [1.54, 1.807) is 24.0 Å². The summed E-state index contributed by atoms with van der Waals surface area (Å²) in [6.07, 6.45) is 0.317. The fraction of sp³-hybridized carbons (Fsp3) is 0.281. The normalized spacial score (nSPS) is 14.2. The number of ether oxygens (including phenoxy) is 1. The van der Waals surface area contributed by atoms with Gasteiger partial charge in [0.25, 0.3) is 0 Å². The summed E-state index contributed by atoms with van der Waals surface area (Å²) in [5, 5.41) is 15.1. The van der Waals surface area contributed by atoms with Crippen LogP contribution in [-0.4, -0.2) is 47.2 Å². The van der Waals surface area contributed by atoms with E-state index in [1.165, 1.54) is 0 Å². The maximum atomic E-state index is 13.5. The zero-order valence-corrected chi connectivity index (χ0v) is 23.6. The van der Waals surface area contributed by atoms with Crippen molar-refractivity contribution in [3.8, 4) is 0 Å². The minimum Gasteiger partial charge on any atom is -0.481 e. The van der Waals surface area contributed by atoms with Gasteiger partial charge in [0.15, 0.2) is 0 Å². The second-order valence-corrected chi connectivity index (χ2v) is 10.5. The van der Waals surface area contributed by atoms with Crippen molar-refractivity contribution in [1.29, 1.82) is 0 Å². The topological polar surface area (TPSA) is 151 Å². The van der Waals surface area contributed by atoms with Crippen LogP contribution in [0.25, 0.3) is 10.9 Å². The monoisotopic (exact) mass is 584 g/mol. The van der Waals surface area contributed by atoms with Crippen molar-refractivity contribution >= 4 is 40.6 Å². The number of carbonyl (C=O) groups is 3. The molecule has 1 aliphatic heterocycles. The maximum absolute atomic E-state index is 13.5. The second kappa shape index (κ2) is 13.2. The van der Waals surface area contributed by atoms with Crippen molar-refractivity contribution in [2.75, 3.05) is 23.3 Å². The Morgan fingerprint density at radius 2 is 1.67 bits per heavy atom. The third kappa shape index (κ3) is 7.37. The predicted octanol–water partition coefficient (Wildman–Crippen LogP) is 4.27. The lowest BCUT2D eigenvalue weighted by molar-refractivity contribution is -0.142. The molecule has 3 N–H and O–H groups in total. The number of aromatic nitrogens is 1. The summed E-state index contributed by atoms with van der Waals surface area (Å²) in [6, 6.07) is 20.9. The number of benzene rings is 3. The molecule has 3 aromatic carbocycles. The van der Waals surface area contributed by atoms with Crippen LogP contribution in [0.4, 0.5) is 16.5 Å². The van der Waals surface area contributed by atoms with Gasteiger partial charge < -0.3 is 29.8 Å². The summed E-state index contributed by atoms with van der Waals surface area (Å²) >= 11 is 0. The maximum Gasteiger partial charge on any atom is 0.408 e. The molecule has 1 fully saturated rings. The van der Waals surface area contributed by atoms with E-state index in [0.717, 1.165) is 11.1 Å². The summed E-state index contributed by atoms with van der Waals surface area (Å²) in [6.45, 7) is 2.55. The Labute approximate surface area is 247 Å². The van der Waals surface area contributed by atoms with Gasteiger partial charge >= 0.3 is 23.7 Å². The van der Waals surface area contributed by atoms with Gasteiger partial charge in [-0.05, 0) is 48.6 Å². The molecule has 0 saturated carbocycles. The Balaban J connectivity index is 1.34. The van der Waals surface area contributed by atoms with Gasteiger partial charge in [0.05, 0.1) is 16.8 Å². The summed E-state index contributed by atoms with van der Waals surface area (Å²) in [7, 11) is 0. The van der Waals surface area contributed by atoms with E-state index in [4.69, 9.17) is 9.15 Å². The van der Waals surface area contributed by atoms with E-state index in [9.17, 15) is 24.3 Å². The first kappa shape index (κ1) is 29.3. The van der Waals surface area contributed by atoms with E-state index in [-0.39, 0.29) is 24.4 Å². The summed E-state index contributed by atoms with van der Waals surface area (Å²) < 4.78 is 10.8. The van der Waals surface area contributed by atoms with Gasteiger partial charge in [-0.1, -0.05) is 60.7 Å². The van der Waals surface area contributed by atoms with Crippen LogP contribution in [0.3, 0.4) is 0 Å². The molecule has 0 aliphatic carbocycles. The molecule has 5 rings (SSSR count). The van der Waals surface area contributed by atoms with Crippen LogP contribution in [0.2, 0.25) is 0 Å². The van der Waals surface area contributed by atoms with Crippen LogP contribution >= 0.6 is 0 Å². The Hall–Kier alpha value is -5.19. The van der Waals surface area contributed by atoms with Crippen LogP contribution < -0.4 is 21.2 Å². The van der Waals surface area contributed by atoms with Crippen LogP contribution in [0, 0.1) is 12.8 Å². The molecule has 0 bridgehead atoms. The molecular weight excluding hydrogens is 552 g/mol. The minimum atomic E-state index is -0.957. The number of amides is 2. The average Bonchev–Trinajstić information content (AvgIpc) is 3.00. The highest BCUT2D eigenvalue weighted by Crippen LogP contribution is 2.26. The number of anilines is 2. The molecule has 2 amide bonds. The number of carboxylic acids is 1. The number of aryl methyl sites for hydroxylation is 1. The van der Waals surface area contributed by atoms with Crippen LogP contribution in [0.15, 0.2) is 82.0 Å². The molecule has 0 radical (unpaired) electrons. The number of rotatable bonds is 9. The first-order valence-corrected chi connectivity index (χ1v) is 14.0. The first-order chi connectivity index (χ1) is 20.8. The van der Waals surface area contributed by atoms with Crippen LogP contribution in [-0.2, 0) is 27.4 Å². The minimum absolute atomic E-state index is 0.0563. The number of nitrogens with zero attached hydrogens (tertiary/aromatic N) is 2. The van der Waals surface area contributed by atoms with Gasteiger partial charge in [0.2, 0.25) is 5.91 Å². The van der Waals surface area contributed by atoms with Crippen molar-refractivity contribution in [2.24, 2.45) is 5.92 Å². The molecule has 1 aromatic heterocycles. The van der Waals surface area contributed by atoms with Crippen molar-refractivity contribution in [3.63, 3.8) is 0 Å². The van der Waals surface area contributed by atoms with Crippen molar-refractivity contribution in [1.82, 2.24) is 10.3 Å². The molecule has 11 nitrogen and oxygen atoms in total. The quantitative estimate of drug-likeness (QED) is 0.262. The zero-order valence-electron chi connectivity index (χ0n) is 23.6.